The van der Waals surface area contributed by atoms with Gasteiger partial charge in [0.05, 0.1) is 22.8 Å². The number of esters is 1. The Bertz CT molecular complexity index is 2590. The molecule has 4 aromatic rings. The van der Waals surface area contributed by atoms with Gasteiger partial charge in [0.15, 0.2) is 5.71 Å². The molecule has 2 aliphatic heterocycles. The van der Waals surface area contributed by atoms with E-state index in [1.165, 1.54) is 47.0 Å². The second kappa shape index (κ2) is 14.2. The highest BCUT2D eigenvalue weighted by atomic mass is 35.5. The summed E-state index contributed by atoms with van der Waals surface area (Å²) < 4.78 is 41.4. The number of allylic oxidation sites excluding steroid dienone is 8. The summed E-state index contributed by atoms with van der Waals surface area (Å²) in [5.74, 6) is -0.315. The van der Waals surface area contributed by atoms with Gasteiger partial charge in [0, 0.05) is 46.1 Å². The molecule has 0 amide bonds. The van der Waals surface area contributed by atoms with Gasteiger partial charge in [-0.1, -0.05) is 74.0 Å². The van der Waals surface area contributed by atoms with Crippen molar-refractivity contribution in [2.75, 3.05) is 25.1 Å². The second-order valence-electron chi connectivity index (χ2n) is 16.9. The van der Waals surface area contributed by atoms with Crippen LogP contribution in [0.1, 0.15) is 79.4 Å². The summed E-state index contributed by atoms with van der Waals surface area (Å²) in [6, 6.07) is 21.7. The number of halogens is 1. The SMILES string of the molecule is CCN1/C(=C/C=C2\CC(C(C)(C)C(=O)OC)CC(/C=C/C3=[N+](CC)c4ccc5ccccc5c4C3(C)C)=C2Cl)C(C)(C)c2c1ccc1cc(S(=O)(=O)O)ccc21. The average molecular weight is 792 g/mol. The maximum atomic E-state index is 13.3. The van der Waals surface area contributed by atoms with Crippen LogP contribution in [0.15, 0.2) is 118 Å². The average Bonchev–Trinajstić information content (AvgIpc) is 3.53. The number of benzene rings is 4. The lowest BCUT2D eigenvalue weighted by Crippen LogP contribution is -2.36. The van der Waals surface area contributed by atoms with Crippen LogP contribution in [0, 0.1) is 11.3 Å². The number of methoxy groups -OCH3 is 1. The third-order valence-corrected chi connectivity index (χ3v) is 13.9. The first kappa shape index (κ1) is 39.7. The minimum atomic E-state index is -4.34. The Labute approximate surface area is 336 Å². The summed E-state index contributed by atoms with van der Waals surface area (Å²) in [6.07, 6.45) is 9.89. The van der Waals surface area contributed by atoms with E-state index in [-0.39, 0.29) is 22.2 Å². The number of fused-ring (bicyclic) bond motifs is 6. The molecule has 0 spiro atoms. The second-order valence-corrected chi connectivity index (χ2v) is 18.7. The molecule has 1 aliphatic carbocycles. The molecule has 9 heteroatoms. The number of rotatable bonds is 8. The van der Waals surface area contributed by atoms with Crippen molar-refractivity contribution in [3.8, 4) is 0 Å². The number of hydrogen-bond donors (Lipinski definition) is 1. The number of likely N-dealkylation sites (N-methyl/N-ethyl adjacent to an activating group) is 1. The maximum absolute atomic E-state index is 13.3. The van der Waals surface area contributed by atoms with Crippen molar-refractivity contribution in [3.05, 3.63) is 124 Å². The molecule has 1 atom stereocenters. The highest BCUT2D eigenvalue weighted by Crippen LogP contribution is 2.52. The maximum Gasteiger partial charge on any atom is 0.311 e. The third kappa shape index (κ3) is 6.34. The van der Waals surface area contributed by atoms with Gasteiger partial charge in [0.1, 0.15) is 6.54 Å². The van der Waals surface area contributed by atoms with Gasteiger partial charge in [-0.3, -0.25) is 9.35 Å². The van der Waals surface area contributed by atoms with E-state index in [1.54, 1.807) is 6.07 Å². The summed E-state index contributed by atoms with van der Waals surface area (Å²) in [4.78, 5) is 15.4. The standard InChI is InChI=1S/C47H51ClN2O5S/c1-10-49-37-22-16-29-14-12-13-15-35(29)41(37)46(5,6)39(49)24-18-31-26-33(45(3,4)44(51)55-9)27-32(43(31)48)19-25-40-47(7,8)42-36-21-20-34(56(52,53)54)28-30(36)17-23-38(42)50(40)11-2/h12-25,28,33H,10-11,26-27H2,1-9H3/p+1. The summed E-state index contributed by atoms with van der Waals surface area (Å²) >= 11 is 7.43. The van der Waals surface area contributed by atoms with Crippen molar-refractivity contribution < 1.29 is 27.1 Å². The van der Waals surface area contributed by atoms with Gasteiger partial charge >= 0.3 is 5.97 Å². The topological polar surface area (TPSA) is 86.9 Å². The monoisotopic (exact) mass is 791 g/mol. The lowest BCUT2D eigenvalue weighted by atomic mass is 9.69. The number of carbonyl (C=O) groups is 1. The van der Waals surface area contributed by atoms with Crippen LogP contribution < -0.4 is 4.90 Å². The van der Waals surface area contributed by atoms with E-state index in [1.807, 2.05) is 26.0 Å². The molecule has 4 aromatic carbocycles. The molecule has 56 heavy (non-hydrogen) atoms. The Morgan fingerprint density at radius 3 is 2.30 bits per heavy atom. The summed E-state index contributed by atoms with van der Waals surface area (Å²) in [5.41, 5.74) is 7.43. The first-order valence-electron chi connectivity index (χ1n) is 19.4. The van der Waals surface area contributed by atoms with E-state index in [4.69, 9.17) is 16.3 Å². The van der Waals surface area contributed by atoms with Crippen LogP contribution in [-0.2, 0) is 30.5 Å². The van der Waals surface area contributed by atoms with Crippen LogP contribution in [-0.4, -0.2) is 49.4 Å². The largest absolute Gasteiger partial charge is 0.469 e. The quantitative estimate of drug-likeness (QED) is 0.109. The summed E-state index contributed by atoms with van der Waals surface area (Å²) in [5, 5.41) is 4.85. The molecule has 0 aromatic heterocycles. The van der Waals surface area contributed by atoms with E-state index in [0.717, 1.165) is 52.0 Å². The first-order valence-corrected chi connectivity index (χ1v) is 21.3. The minimum absolute atomic E-state index is 0.0660. The Hall–Kier alpha value is -4.50. The van der Waals surface area contributed by atoms with Gasteiger partial charge in [-0.15, -0.1) is 0 Å². The van der Waals surface area contributed by atoms with Gasteiger partial charge in [0.2, 0.25) is 5.69 Å². The molecule has 0 saturated carbocycles. The van der Waals surface area contributed by atoms with E-state index in [2.05, 4.69) is 112 Å². The van der Waals surface area contributed by atoms with Crippen LogP contribution in [0.4, 0.5) is 11.4 Å². The smallest absolute Gasteiger partial charge is 0.311 e. The fourth-order valence-electron chi connectivity index (χ4n) is 9.52. The molecule has 1 unspecified atom stereocenters. The van der Waals surface area contributed by atoms with Crippen LogP contribution in [0.25, 0.3) is 21.5 Å². The molecule has 1 N–H and O–H groups in total. The zero-order valence-corrected chi connectivity index (χ0v) is 35.4. The molecule has 0 radical (unpaired) electrons. The lowest BCUT2D eigenvalue weighted by Gasteiger charge is -2.36. The van der Waals surface area contributed by atoms with Gasteiger partial charge < -0.3 is 9.64 Å². The fourth-order valence-corrected chi connectivity index (χ4v) is 10.3. The predicted molar refractivity (Wildman–Crippen MR) is 229 cm³/mol. The van der Waals surface area contributed by atoms with Crippen molar-refractivity contribution in [2.24, 2.45) is 11.3 Å². The van der Waals surface area contributed by atoms with Gasteiger partial charge in [0.25, 0.3) is 10.1 Å². The first-order chi connectivity index (χ1) is 26.4. The molecule has 3 aliphatic rings. The number of carbonyl (C=O) groups excluding carboxylic acids is 1. The summed E-state index contributed by atoms with van der Waals surface area (Å²) in [7, 11) is -2.89. The van der Waals surface area contributed by atoms with Gasteiger partial charge in [-0.2, -0.15) is 13.0 Å². The fraction of sp³-hybridized carbons (Fsp3) is 0.362. The van der Waals surface area contributed by atoms with Crippen LogP contribution >= 0.6 is 11.6 Å². The predicted octanol–water partition coefficient (Wildman–Crippen LogP) is 10.9. The Balaban J connectivity index is 1.33. The molecule has 0 fully saturated rings. The molecular formula is C47H52ClN2O5S+. The Kier molecular flexibility index (Phi) is 10.0. The lowest BCUT2D eigenvalue weighted by molar-refractivity contribution is -0.433. The van der Waals surface area contributed by atoms with Crippen LogP contribution in [0.3, 0.4) is 0 Å². The molecule has 292 valence electrons. The highest BCUT2D eigenvalue weighted by Gasteiger charge is 2.46. The molecular weight excluding hydrogens is 740 g/mol. The number of hydrogen-bond acceptors (Lipinski definition) is 5. The Morgan fingerprint density at radius 1 is 0.929 bits per heavy atom. The molecule has 7 rings (SSSR count). The van der Waals surface area contributed by atoms with Gasteiger partial charge in [-0.25, -0.2) is 0 Å². The van der Waals surface area contributed by atoms with Crippen molar-refractivity contribution in [1.29, 1.82) is 0 Å². The molecule has 0 bridgehead atoms. The van der Waals surface area contributed by atoms with Crippen LogP contribution in [0.5, 0.6) is 0 Å². The summed E-state index contributed by atoms with van der Waals surface area (Å²) in [6.45, 7) is 18.7. The highest BCUT2D eigenvalue weighted by molar-refractivity contribution is 7.85. The zero-order chi connectivity index (χ0) is 40.5. The van der Waals surface area contributed by atoms with E-state index >= 15 is 0 Å². The number of nitrogens with zero attached hydrogens (tertiary/aromatic N) is 2. The van der Waals surface area contributed by atoms with Crippen molar-refractivity contribution >= 4 is 66.3 Å². The number of ether oxygens (including phenoxy) is 1. The zero-order valence-electron chi connectivity index (χ0n) is 33.8. The minimum Gasteiger partial charge on any atom is -0.469 e. The van der Waals surface area contributed by atoms with Crippen molar-refractivity contribution in [2.45, 2.75) is 84.0 Å². The van der Waals surface area contributed by atoms with E-state index < -0.39 is 20.9 Å². The van der Waals surface area contributed by atoms with E-state index in [0.29, 0.717) is 17.9 Å². The molecule has 7 nitrogen and oxygen atoms in total. The van der Waals surface area contributed by atoms with Gasteiger partial charge in [-0.05, 0) is 129 Å². The normalized spacial score (nSPS) is 20.9. The third-order valence-electron chi connectivity index (χ3n) is 12.6. The molecule has 0 saturated heterocycles. The Morgan fingerprint density at radius 2 is 1.62 bits per heavy atom. The molecule has 2 heterocycles. The number of anilines is 1. The van der Waals surface area contributed by atoms with Crippen LogP contribution in [0.2, 0.25) is 0 Å². The van der Waals surface area contributed by atoms with Crippen molar-refractivity contribution in [3.63, 3.8) is 0 Å². The van der Waals surface area contributed by atoms with Crippen molar-refractivity contribution in [1.82, 2.24) is 0 Å². The van der Waals surface area contributed by atoms with E-state index in [9.17, 15) is 17.8 Å².